The van der Waals surface area contributed by atoms with Gasteiger partial charge in [0.05, 0.1) is 33.5 Å². The highest BCUT2D eigenvalue weighted by molar-refractivity contribution is 7.94. The highest BCUT2D eigenvalue weighted by atomic mass is 35.5. The number of amides is 2. The van der Waals surface area contributed by atoms with Crippen LogP contribution in [-0.4, -0.2) is 37.1 Å². The number of rotatable bonds is 4. The number of sulfonamides is 1. The monoisotopic (exact) mass is 422 g/mol. The molecule has 3 rings (SSSR count). The first-order valence-electron chi connectivity index (χ1n) is 8.11. The van der Waals surface area contributed by atoms with E-state index in [-0.39, 0.29) is 33.3 Å². The molecule has 0 spiro atoms. The molecule has 1 aliphatic rings. The quantitative estimate of drug-likeness (QED) is 0.781. The molecule has 28 heavy (non-hydrogen) atoms. The molecule has 146 valence electrons. The summed E-state index contributed by atoms with van der Waals surface area (Å²) in [6, 6.07) is 9.53. The molecule has 2 amide bonds. The van der Waals surface area contributed by atoms with Gasteiger partial charge in [-0.15, -0.1) is 0 Å². The Morgan fingerprint density at radius 3 is 2.50 bits per heavy atom. The van der Waals surface area contributed by atoms with Gasteiger partial charge in [-0.3, -0.25) is 9.59 Å². The number of carboxylic acid groups (broad SMARTS) is 1. The Bertz CT molecular complexity index is 1100. The average Bonchev–Trinajstić information content (AvgIpc) is 2.82. The topological polar surface area (TPSA) is 121 Å². The number of carboxylic acids is 1. The maximum Gasteiger partial charge on any atom is 0.335 e. The average molecular weight is 423 g/mol. The van der Waals surface area contributed by atoms with E-state index in [9.17, 15) is 22.8 Å². The Labute approximate surface area is 165 Å². The second-order valence-electron chi connectivity index (χ2n) is 6.29. The van der Waals surface area contributed by atoms with Gasteiger partial charge in [0, 0.05) is 5.69 Å². The van der Waals surface area contributed by atoms with Gasteiger partial charge in [-0.2, -0.15) is 0 Å². The Morgan fingerprint density at radius 2 is 1.93 bits per heavy atom. The molecule has 1 fully saturated rings. The van der Waals surface area contributed by atoms with Gasteiger partial charge in [-0.05, 0) is 36.4 Å². The summed E-state index contributed by atoms with van der Waals surface area (Å²) < 4.78 is 25.0. The highest BCUT2D eigenvalue weighted by Crippen LogP contribution is 2.31. The van der Waals surface area contributed by atoms with Gasteiger partial charge < -0.3 is 10.4 Å². The number of nitrogens with one attached hydrogen (secondary N) is 1. The molecule has 1 heterocycles. The van der Waals surface area contributed by atoms with Gasteiger partial charge >= 0.3 is 5.97 Å². The van der Waals surface area contributed by atoms with Crippen molar-refractivity contribution in [3.05, 3.63) is 58.6 Å². The van der Waals surface area contributed by atoms with E-state index in [1.165, 1.54) is 49.4 Å². The standard InChI is InChI=1S/C18H15ClN2O6S/c1-10-9-28(26,27)21(17(10)23)13-5-6-14(15(19)8-13)16(22)20-12-4-2-3-11(7-12)18(24)25/h2-8,10H,9H2,1H3,(H,20,22)(H,24,25). The predicted molar refractivity (Wildman–Crippen MR) is 103 cm³/mol. The summed E-state index contributed by atoms with van der Waals surface area (Å²) in [5, 5.41) is 11.5. The Hall–Kier alpha value is -2.91. The second-order valence-corrected chi connectivity index (χ2v) is 8.56. The van der Waals surface area contributed by atoms with Crippen LogP contribution in [0.3, 0.4) is 0 Å². The fourth-order valence-corrected chi connectivity index (χ4v) is 4.90. The Balaban J connectivity index is 1.87. The lowest BCUT2D eigenvalue weighted by Gasteiger charge is -2.16. The van der Waals surface area contributed by atoms with Crippen molar-refractivity contribution in [3.8, 4) is 0 Å². The lowest BCUT2D eigenvalue weighted by atomic mass is 10.1. The van der Waals surface area contributed by atoms with Crippen LogP contribution in [-0.2, 0) is 14.8 Å². The molecule has 2 N–H and O–H groups in total. The van der Waals surface area contributed by atoms with E-state index in [2.05, 4.69) is 5.32 Å². The molecule has 1 atom stereocenters. The van der Waals surface area contributed by atoms with Crippen molar-refractivity contribution in [1.82, 2.24) is 0 Å². The van der Waals surface area contributed by atoms with Crippen molar-refractivity contribution in [1.29, 1.82) is 0 Å². The number of aromatic carboxylic acids is 1. The first-order chi connectivity index (χ1) is 13.1. The van der Waals surface area contributed by atoms with Crippen molar-refractivity contribution in [2.75, 3.05) is 15.4 Å². The number of carbonyl (C=O) groups is 3. The van der Waals surface area contributed by atoms with Crippen molar-refractivity contribution in [2.24, 2.45) is 5.92 Å². The van der Waals surface area contributed by atoms with Crippen molar-refractivity contribution >= 4 is 50.8 Å². The summed E-state index contributed by atoms with van der Waals surface area (Å²) in [4.78, 5) is 35.6. The van der Waals surface area contributed by atoms with Gasteiger partial charge in [0.15, 0.2) is 0 Å². The molecular formula is C18H15ClN2O6S. The fraction of sp³-hybridized carbons (Fsp3) is 0.167. The van der Waals surface area contributed by atoms with E-state index in [0.29, 0.717) is 4.31 Å². The molecule has 0 radical (unpaired) electrons. The van der Waals surface area contributed by atoms with E-state index in [4.69, 9.17) is 16.7 Å². The fourth-order valence-electron chi connectivity index (χ4n) is 2.83. The van der Waals surface area contributed by atoms with Crippen LogP contribution in [0.15, 0.2) is 42.5 Å². The maximum absolute atomic E-state index is 12.5. The van der Waals surface area contributed by atoms with Crippen molar-refractivity contribution in [3.63, 3.8) is 0 Å². The van der Waals surface area contributed by atoms with E-state index in [0.717, 1.165) is 0 Å². The van der Waals surface area contributed by atoms with Crippen LogP contribution >= 0.6 is 11.6 Å². The molecule has 10 heteroatoms. The summed E-state index contributed by atoms with van der Waals surface area (Å²) in [6.45, 7) is 1.52. The largest absolute Gasteiger partial charge is 0.478 e. The van der Waals surface area contributed by atoms with E-state index < -0.39 is 33.7 Å². The van der Waals surface area contributed by atoms with Gasteiger partial charge in [0.1, 0.15) is 0 Å². The predicted octanol–water partition coefficient (Wildman–Crippen LogP) is 2.60. The Kier molecular flexibility index (Phi) is 5.14. The van der Waals surface area contributed by atoms with E-state index >= 15 is 0 Å². The van der Waals surface area contributed by atoms with E-state index in [1.807, 2.05) is 0 Å². The van der Waals surface area contributed by atoms with Gasteiger partial charge in [0.2, 0.25) is 15.9 Å². The second kappa shape index (κ2) is 7.25. The summed E-state index contributed by atoms with van der Waals surface area (Å²) in [7, 11) is -3.78. The lowest BCUT2D eigenvalue weighted by molar-refractivity contribution is -0.119. The minimum absolute atomic E-state index is 0.00566. The normalized spacial score (nSPS) is 18.1. The number of benzene rings is 2. The number of nitrogens with zero attached hydrogens (tertiary/aromatic N) is 1. The lowest BCUT2D eigenvalue weighted by Crippen LogP contribution is -2.30. The zero-order valence-electron chi connectivity index (χ0n) is 14.5. The number of hydrogen-bond acceptors (Lipinski definition) is 5. The molecule has 1 unspecified atom stereocenters. The summed E-state index contributed by atoms with van der Waals surface area (Å²) in [6.07, 6.45) is 0. The molecule has 8 nitrogen and oxygen atoms in total. The minimum atomic E-state index is -3.78. The van der Waals surface area contributed by atoms with Crippen LogP contribution < -0.4 is 9.62 Å². The molecule has 1 saturated heterocycles. The first kappa shape index (κ1) is 19.8. The summed E-state index contributed by atoms with van der Waals surface area (Å²) in [5.41, 5.74) is 0.370. The molecule has 0 aliphatic carbocycles. The molecule has 0 bridgehead atoms. The summed E-state index contributed by atoms with van der Waals surface area (Å²) >= 11 is 6.14. The third-order valence-corrected chi connectivity index (χ3v) is 6.34. The molecule has 0 aromatic heterocycles. The molecule has 2 aromatic carbocycles. The number of carbonyl (C=O) groups excluding carboxylic acids is 2. The Morgan fingerprint density at radius 1 is 1.21 bits per heavy atom. The first-order valence-corrected chi connectivity index (χ1v) is 10.1. The number of halogens is 1. The SMILES string of the molecule is CC1CS(=O)(=O)N(c2ccc(C(=O)Nc3cccc(C(=O)O)c3)c(Cl)c2)C1=O. The van der Waals surface area contributed by atoms with Crippen LogP contribution in [0.5, 0.6) is 0 Å². The zero-order chi connectivity index (χ0) is 20.6. The highest BCUT2D eigenvalue weighted by Gasteiger charge is 2.42. The van der Waals surface area contributed by atoms with Gasteiger partial charge in [-0.1, -0.05) is 24.6 Å². The van der Waals surface area contributed by atoms with Crippen LogP contribution in [0.25, 0.3) is 0 Å². The zero-order valence-corrected chi connectivity index (χ0v) is 16.1. The summed E-state index contributed by atoms with van der Waals surface area (Å²) in [5.74, 6) is -3.25. The molecule has 0 saturated carbocycles. The smallest absolute Gasteiger partial charge is 0.335 e. The van der Waals surface area contributed by atoms with Gasteiger partial charge in [-0.25, -0.2) is 17.5 Å². The van der Waals surface area contributed by atoms with Crippen LogP contribution in [0.4, 0.5) is 11.4 Å². The van der Waals surface area contributed by atoms with Crippen LogP contribution in [0.2, 0.25) is 5.02 Å². The number of anilines is 2. The van der Waals surface area contributed by atoms with Crippen LogP contribution in [0.1, 0.15) is 27.6 Å². The molecular weight excluding hydrogens is 408 g/mol. The third kappa shape index (κ3) is 3.71. The van der Waals surface area contributed by atoms with Crippen molar-refractivity contribution in [2.45, 2.75) is 6.92 Å². The molecule has 1 aliphatic heterocycles. The third-order valence-electron chi connectivity index (χ3n) is 4.16. The van der Waals surface area contributed by atoms with E-state index in [1.54, 1.807) is 0 Å². The molecule has 2 aromatic rings. The minimum Gasteiger partial charge on any atom is -0.478 e. The maximum atomic E-state index is 12.5. The van der Waals surface area contributed by atoms with Crippen molar-refractivity contribution < 1.29 is 27.9 Å². The number of hydrogen-bond donors (Lipinski definition) is 2. The van der Waals surface area contributed by atoms with Gasteiger partial charge in [0.25, 0.3) is 5.91 Å². The van der Waals surface area contributed by atoms with Crippen LogP contribution in [0, 0.1) is 5.92 Å².